The molecule has 2 saturated carbocycles. The van der Waals surface area contributed by atoms with E-state index in [0.29, 0.717) is 43.3 Å². The second kappa shape index (κ2) is 8.05. The molecule has 0 aromatic heterocycles. The molecule has 4 heteroatoms. The summed E-state index contributed by atoms with van der Waals surface area (Å²) in [6, 6.07) is 19.1. The Morgan fingerprint density at radius 3 is 2.41 bits per heavy atom. The Morgan fingerprint density at radius 2 is 1.67 bits per heavy atom. The molecule has 2 aromatic rings. The Balaban J connectivity index is 1.41. The molecule has 2 aromatic carbocycles. The van der Waals surface area contributed by atoms with Gasteiger partial charge in [0.1, 0.15) is 11.9 Å². The minimum absolute atomic E-state index is 0.0813. The molecule has 27 heavy (non-hydrogen) atoms. The lowest BCUT2D eigenvalue weighted by Gasteiger charge is -2.24. The summed E-state index contributed by atoms with van der Waals surface area (Å²) >= 11 is 0. The molecular weight excluding hydrogens is 340 g/mol. The van der Waals surface area contributed by atoms with Crippen LogP contribution < -0.4 is 0 Å². The molecule has 0 heterocycles. The van der Waals surface area contributed by atoms with Gasteiger partial charge in [-0.15, -0.1) is 0 Å². The SMILES string of the molecule is O=C1C[C@H]2C[C@@H](OC(=O)c3ccccc3)[C@H](COCc3ccccc3)[C@H]2C1. The zero-order valence-corrected chi connectivity index (χ0v) is 15.3. The van der Waals surface area contributed by atoms with E-state index in [0.717, 1.165) is 12.0 Å². The van der Waals surface area contributed by atoms with E-state index in [4.69, 9.17) is 9.47 Å². The van der Waals surface area contributed by atoms with Gasteiger partial charge >= 0.3 is 5.97 Å². The van der Waals surface area contributed by atoms with Crippen LogP contribution >= 0.6 is 0 Å². The largest absolute Gasteiger partial charge is 0.458 e. The maximum atomic E-state index is 12.5. The van der Waals surface area contributed by atoms with Crippen molar-refractivity contribution in [2.75, 3.05) is 6.61 Å². The smallest absolute Gasteiger partial charge is 0.338 e. The molecule has 0 radical (unpaired) electrons. The predicted octanol–water partition coefficient (Wildman–Crippen LogP) is 4.04. The number of carbonyl (C=O) groups is 2. The van der Waals surface area contributed by atoms with Crippen molar-refractivity contribution >= 4 is 11.8 Å². The summed E-state index contributed by atoms with van der Waals surface area (Å²) in [4.78, 5) is 24.4. The van der Waals surface area contributed by atoms with Crippen molar-refractivity contribution < 1.29 is 19.1 Å². The summed E-state index contributed by atoms with van der Waals surface area (Å²) in [5.74, 6) is 0.696. The Kier molecular flexibility index (Phi) is 5.35. The third kappa shape index (κ3) is 4.11. The lowest BCUT2D eigenvalue weighted by atomic mass is 9.92. The first-order chi connectivity index (χ1) is 13.2. The van der Waals surface area contributed by atoms with Gasteiger partial charge in [0.05, 0.1) is 18.8 Å². The topological polar surface area (TPSA) is 52.6 Å². The van der Waals surface area contributed by atoms with Crippen LogP contribution in [0.3, 0.4) is 0 Å². The average molecular weight is 364 g/mol. The van der Waals surface area contributed by atoms with Crippen LogP contribution in [0.2, 0.25) is 0 Å². The highest BCUT2D eigenvalue weighted by atomic mass is 16.5. The fourth-order valence-corrected chi connectivity index (χ4v) is 4.50. The predicted molar refractivity (Wildman–Crippen MR) is 101 cm³/mol. The second-order valence-electron chi connectivity index (χ2n) is 7.58. The maximum Gasteiger partial charge on any atom is 0.338 e. The number of fused-ring (bicyclic) bond motifs is 1. The molecule has 0 spiro atoms. The van der Waals surface area contributed by atoms with Crippen LogP contribution in [0.1, 0.15) is 35.2 Å². The Labute approximate surface area is 159 Å². The van der Waals surface area contributed by atoms with Crippen LogP contribution in [0.25, 0.3) is 0 Å². The zero-order valence-electron chi connectivity index (χ0n) is 15.3. The van der Waals surface area contributed by atoms with E-state index >= 15 is 0 Å². The number of rotatable bonds is 6. The van der Waals surface area contributed by atoms with Gasteiger partial charge in [-0.05, 0) is 36.0 Å². The van der Waals surface area contributed by atoms with Crippen molar-refractivity contribution in [2.45, 2.75) is 32.0 Å². The van der Waals surface area contributed by atoms with Gasteiger partial charge in [-0.3, -0.25) is 4.79 Å². The van der Waals surface area contributed by atoms with Gasteiger partial charge in [0.2, 0.25) is 0 Å². The van der Waals surface area contributed by atoms with Gasteiger partial charge in [0.25, 0.3) is 0 Å². The summed E-state index contributed by atoms with van der Waals surface area (Å²) in [6.07, 6.45) is 1.77. The Bertz CT molecular complexity index is 787. The summed E-state index contributed by atoms with van der Waals surface area (Å²) in [6.45, 7) is 1.04. The monoisotopic (exact) mass is 364 g/mol. The summed E-state index contributed by atoms with van der Waals surface area (Å²) in [5, 5.41) is 0. The van der Waals surface area contributed by atoms with Crippen molar-refractivity contribution in [3.8, 4) is 0 Å². The molecule has 4 rings (SSSR count). The third-order valence-corrected chi connectivity index (χ3v) is 5.81. The normalized spacial score (nSPS) is 26.7. The van der Waals surface area contributed by atoms with Crippen molar-refractivity contribution in [3.05, 3.63) is 71.8 Å². The first-order valence-corrected chi connectivity index (χ1v) is 9.60. The van der Waals surface area contributed by atoms with E-state index in [1.807, 2.05) is 48.5 Å². The lowest BCUT2D eigenvalue weighted by Crippen LogP contribution is -2.29. The van der Waals surface area contributed by atoms with Gasteiger partial charge in [0.15, 0.2) is 0 Å². The Hall–Kier alpha value is -2.46. The van der Waals surface area contributed by atoms with Crippen molar-refractivity contribution in [1.82, 2.24) is 0 Å². The number of hydrogen-bond acceptors (Lipinski definition) is 4. The fourth-order valence-electron chi connectivity index (χ4n) is 4.50. The summed E-state index contributed by atoms with van der Waals surface area (Å²) in [7, 11) is 0. The second-order valence-corrected chi connectivity index (χ2v) is 7.58. The van der Waals surface area contributed by atoms with E-state index in [2.05, 4.69) is 0 Å². The molecule has 2 aliphatic carbocycles. The van der Waals surface area contributed by atoms with E-state index in [9.17, 15) is 9.59 Å². The molecule has 0 saturated heterocycles. The van der Waals surface area contributed by atoms with Crippen LogP contribution in [0, 0.1) is 17.8 Å². The number of ether oxygens (including phenoxy) is 2. The molecule has 0 bridgehead atoms. The first-order valence-electron chi connectivity index (χ1n) is 9.60. The molecule has 0 amide bonds. The van der Waals surface area contributed by atoms with Crippen LogP contribution in [-0.4, -0.2) is 24.5 Å². The average Bonchev–Trinajstić information content (AvgIpc) is 3.20. The summed E-state index contributed by atoms with van der Waals surface area (Å²) in [5.41, 5.74) is 1.68. The number of benzene rings is 2. The fraction of sp³-hybridized carbons (Fsp3) is 0.391. The number of hydrogen-bond donors (Lipinski definition) is 0. The molecular formula is C23H24O4. The van der Waals surface area contributed by atoms with Crippen LogP contribution in [0.4, 0.5) is 0 Å². The van der Waals surface area contributed by atoms with E-state index in [1.165, 1.54) is 0 Å². The van der Waals surface area contributed by atoms with E-state index in [-0.39, 0.29) is 23.9 Å². The van der Waals surface area contributed by atoms with Crippen molar-refractivity contribution in [1.29, 1.82) is 0 Å². The highest BCUT2D eigenvalue weighted by molar-refractivity contribution is 5.89. The quantitative estimate of drug-likeness (QED) is 0.726. The summed E-state index contributed by atoms with van der Waals surface area (Å²) < 4.78 is 11.8. The van der Waals surface area contributed by atoms with Gasteiger partial charge in [-0.25, -0.2) is 4.79 Å². The minimum atomic E-state index is -0.292. The van der Waals surface area contributed by atoms with E-state index < -0.39 is 0 Å². The minimum Gasteiger partial charge on any atom is -0.458 e. The molecule has 140 valence electrons. The number of Topliss-reactive ketones (excluding diaryl/α,β-unsaturated/α-hetero) is 1. The van der Waals surface area contributed by atoms with Crippen molar-refractivity contribution in [2.24, 2.45) is 17.8 Å². The van der Waals surface area contributed by atoms with Crippen molar-refractivity contribution in [3.63, 3.8) is 0 Å². The Morgan fingerprint density at radius 1 is 0.963 bits per heavy atom. The first kappa shape index (κ1) is 17.9. The van der Waals surface area contributed by atoms with Crippen LogP contribution in [0.15, 0.2) is 60.7 Å². The van der Waals surface area contributed by atoms with Gasteiger partial charge in [-0.1, -0.05) is 48.5 Å². The van der Waals surface area contributed by atoms with Gasteiger partial charge in [-0.2, -0.15) is 0 Å². The van der Waals surface area contributed by atoms with Gasteiger partial charge < -0.3 is 9.47 Å². The van der Waals surface area contributed by atoms with Gasteiger partial charge in [0, 0.05) is 18.8 Å². The molecule has 4 atom stereocenters. The molecule has 2 fully saturated rings. The highest BCUT2D eigenvalue weighted by Gasteiger charge is 2.49. The van der Waals surface area contributed by atoms with Crippen LogP contribution in [-0.2, 0) is 20.9 Å². The maximum absolute atomic E-state index is 12.5. The molecule has 4 nitrogen and oxygen atoms in total. The van der Waals surface area contributed by atoms with Crippen LogP contribution in [0.5, 0.6) is 0 Å². The third-order valence-electron chi connectivity index (χ3n) is 5.81. The standard InChI is InChI=1S/C23H24O4/c24-19-11-18-12-22(27-23(25)17-9-5-2-6-10-17)21(20(18)13-19)15-26-14-16-7-3-1-4-8-16/h1-10,18,20-22H,11-15H2/t18-,20-,21+,22+/m0/s1. The highest BCUT2D eigenvalue weighted by Crippen LogP contribution is 2.47. The van der Waals surface area contributed by atoms with E-state index in [1.54, 1.807) is 12.1 Å². The number of ketones is 1. The lowest BCUT2D eigenvalue weighted by molar-refractivity contribution is -0.118. The molecule has 0 unspecified atom stereocenters. The molecule has 0 aliphatic heterocycles. The molecule has 2 aliphatic rings. The number of carbonyl (C=O) groups excluding carboxylic acids is 2. The molecule has 0 N–H and O–H groups in total. The number of esters is 1. The zero-order chi connectivity index (χ0) is 18.6.